The molecule has 0 amide bonds. The largest absolute Gasteiger partial charge is 0.493 e. The Morgan fingerprint density at radius 1 is 1.05 bits per heavy atom. The first kappa shape index (κ1) is 14.6. The molecule has 21 heavy (non-hydrogen) atoms. The summed E-state index contributed by atoms with van der Waals surface area (Å²) in [5.41, 5.74) is 5.61. The molecular formula is C15H15FN2O3. The Morgan fingerprint density at radius 2 is 1.67 bits per heavy atom. The molecule has 0 aliphatic carbocycles. The van der Waals surface area contributed by atoms with Crippen LogP contribution in [-0.2, 0) is 0 Å². The van der Waals surface area contributed by atoms with Gasteiger partial charge in [0.1, 0.15) is 17.4 Å². The molecular weight excluding hydrogens is 275 g/mol. The number of hydrogen-bond donors (Lipinski definition) is 2. The van der Waals surface area contributed by atoms with Gasteiger partial charge >= 0.3 is 0 Å². The van der Waals surface area contributed by atoms with Crippen molar-refractivity contribution in [3.8, 4) is 23.0 Å². The topological polar surface area (TPSA) is 77.6 Å². The number of methoxy groups -OCH3 is 2. The van der Waals surface area contributed by atoms with E-state index in [1.807, 2.05) is 0 Å². The van der Waals surface area contributed by atoms with E-state index in [0.717, 1.165) is 6.07 Å². The second-order valence-corrected chi connectivity index (χ2v) is 4.15. The Kier molecular flexibility index (Phi) is 4.27. The van der Waals surface area contributed by atoms with E-state index in [1.54, 1.807) is 18.2 Å². The minimum atomic E-state index is -0.500. The smallest absolute Gasteiger partial charge is 0.211 e. The zero-order chi connectivity index (χ0) is 15.4. The number of hydrogen-bond acceptors (Lipinski definition) is 4. The molecule has 0 fully saturated rings. The maximum Gasteiger partial charge on any atom is 0.211 e. The summed E-state index contributed by atoms with van der Waals surface area (Å²) in [6.45, 7) is 0. The zero-order valence-corrected chi connectivity index (χ0v) is 11.6. The minimum absolute atomic E-state index is 0.156. The van der Waals surface area contributed by atoms with Crippen molar-refractivity contribution in [3.05, 3.63) is 47.8 Å². The lowest BCUT2D eigenvalue weighted by Gasteiger charge is -2.15. The van der Waals surface area contributed by atoms with Crippen molar-refractivity contribution in [2.45, 2.75) is 0 Å². The van der Waals surface area contributed by atoms with Crippen LogP contribution in [0, 0.1) is 11.2 Å². The number of halogens is 1. The molecule has 2 aromatic rings. The molecule has 5 nitrogen and oxygen atoms in total. The van der Waals surface area contributed by atoms with Crippen LogP contribution in [0.1, 0.15) is 5.56 Å². The van der Waals surface area contributed by atoms with Crippen molar-refractivity contribution in [3.63, 3.8) is 0 Å². The highest BCUT2D eigenvalue weighted by Crippen LogP contribution is 2.40. The van der Waals surface area contributed by atoms with E-state index in [2.05, 4.69) is 0 Å². The van der Waals surface area contributed by atoms with Crippen LogP contribution in [0.4, 0.5) is 4.39 Å². The fourth-order valence-corrected chi connectivity index (χ4v) is 1.83. The first-order chi connectivity index (χ1) is 10.1. The van der Waals surface area contributed by atoms with Gasteiger partial charge in [-0.3, -0.25) is 5.41 Å². The second-order valence-electron chi connectivity index (χ2n) is 4.15. The summed E-state index contributed by atoms with van der Waals surface area (Å²) in [7, 11) is 3.00. The third kappa shape index (κ3) is 3.05. The Balaban J connectivity index is 2.50. The van der Waals surface area contributed by atoms with Crippen LogP contribution in [0.15, 0.2) is 36.4 Å². The SMILES string of the molecule is COc1cccc(OC)c1Oc1ccc(F)cc1C(=N)N. The van der Waals surface area contributed by atoms with E-state index in [9.17, 15) is 4.39 Å². The van der Waals surface area contributed by atoms with Crippen LogP contribution in [-0.4, -0.2) is 20.1 Å². The Morgan fingerprint density at radius 3 is 2.19 bits per heavy atom. The van der Waals surface area contributed by atoms with Crippen molar-refractivity contribution >= 4 is 5.84 Å². The van der Waals surface area contributed by atoms with Gasteiger partial charge in [-0.2, -0.15) is 0 Å². The zero-order valence-electron chi connectivity index (χ0n) is 11.6. The van der Waals surface area contributed by atoms with Gasteiger partial charge in [0.2, 0.25) is 5.75 Å². The fraction of sp³-hybridized carbons (Fsp3) is 0.133. The Bertz CT molecular complexity index is 652. The predicted molar refractivity (Wildman–Crippen MR) is 77.0 cm³/mol. The van der Waals surface area contributed by atoms with Crippen LogP contribution in [0.2, 0.25) is 0 Å². The Hall–Kier alpha value is -2.76. The molecule has 2 rings (SSSR count). The summed E-state index contributed by atoms with van der Waals surface area (Å²) >= 11 is 0. The summed E-state index contributed by atoms with van der Waals surface area (Å²) in [6, 6.07) is 8.92. The van der Waals surface area contributed by atoms with E-state index in [1.165, 1.54) is 26.4 Å². The molecule has 0 radical (unpaired) electrons. The molecule has 0 unspecified atom stereocenters. The van der Waals surface area contributed by atoms with E-state index >= 15 is 0 Å². The van der Waals surface area contributed by atoms with Crippen LogP contribution >= 0.6 is 0 Å². The summed E-state index contributed by atoms with van der Waals surface area (Å²) in [5, 5.41) is 7.50. The third-order valence-electron chi connectivity index (χ3n) is 2.83. The maximum atomic E-state index is 13.3. The minimum Gasteiger partial charge on any atom is -0.493 e. The van der Waals surface area contributed by atoms with Crippen LogP contribution in [0.25, 0.3) is 0 Å². The van der Waals surface area contributed by atoms with Gasteiger partial charge in [0.25, 0.3) is 0 Å². The Labute approximate surface area is 121 Å². The van der Waals surface area contributed by atoms with E-state index < -0.39 is 5.82 Å². The van der Waals surface area contributed by atoms with E-state index in [0.29, 0.717) is 17.2 Å². The van der Waals surface area contributed by atoms with Gasteiger partial charge in [0.05, 0.1) is 19.8 Å². The highest BCUT2D eigenvalue weighted by molar-refractivity contribution is 5.97. The molecule has 0 bridgehead atoms. The van der Waals surface area contributed by atoms with Crippen LogP contribution in [0.5, 0.6) is 23.0 Å². The molecule has 2 aromatic carbocycles. The number of nitrogens with two attached hydrogens (primary N) is 1. The molecule has 0 aliphatic rings. The molecule has 0 atom stereocenters. The number of para-hydroxylation sites is 1. The lowest BCUT2D eigenvalue weighted by Crippen LogP contribution is -2.12. The van der Waals surface area contributed by atoms with Crippen LogP contribution < -0.4 is 19.9 Å². The number of amidine groups is 1. The monoisotopic (exact) mass is 290 g/mol. The number of ether oxygens (including phenoxy) is 3. The molecule has 6 heteroatoms. The van der Waals surface area contributed by atoms with Gasteiger partial charge < -0.3 is 19.9 Å². The summed E-state index contributed by atoms with van der Waals surface area (Å²) in [6.07, 6.45) is 0. The normalized spacial score (nSPS) is 10.0. The maximum absolute atomic E-state index is 13.3. The second kappa shape index (κ2) is 6.13. The van der Waals surface area contributed by atoms with Crippen molar-refractivity contribution < 1.29 is 18.6 Å². The summed E-state index contributed by atoms with van der Waals surface area (Å²) in [4.78, 5) is 0. The average molecular weight is 290 g/mol. The van der Waals surface area contributed by atoms with Gasteiger partial charge in [-0.05, 0) is 30.3 Å². The molecule has 3 N–H and O–H groups in total. The van der Waals surface area contributed by atoms with E-state index in [-0.39, 0.29) is 17.1 Å². The first-order valence-electron chi connectivity index (χ1n) is 6.09. The molecule has 0 heterocycles. The molecule has 110 valence electrons. The van der Waals surface area contributed by atoms with Crippen molar-refractivity contribution in [2.24, 2.45) is 5.73 Å². The molecule has 0 aliphatic heterocycles. The molecule has 0 saturated heterocycles. The van der Waals surface area contributed by atoms with Gasteiger partial charge in [0.15, 0.2) is 11.5 Å². The van der Waals surface area contributed by atoms with E-state index in [4.69, 9.17) is 25.4 Å². The number of rotatable bonds is 5. The highest BCUT2D eigenvalue weighted by Gasteiger charge is 2.16. The average Bonchev–Trinajstić information content (AvgIpc) is 2.48. The third-order valence-corrected chi connectivity index (χ3v) is 2.83. The van der Waals surface area contributed by atoms with Crippen LogP contribution in [0.3, 0.4) is 0 Å². The molecule has 0 spiro atoms. The summed E-state index contributed by atoms with van der Waals surface area (Å²) in [5.74, 6) is 0.683. The molecule has 0 saturated carbocycles. The number of benzene rings is 2. The number of nitrogen functional groups attached to an aromatic ring is 1. The van der Waals surface area contributed by atoms with Crippen molar-refractivity contribution in [2.75, 3.05) is 14.2 Å². The standard InChI is InChI=1S/C15H15FN2O3/c1-19-12-4-3-5-13(20-2)14(12)21-11-7-6-9(16)8-10(11)15(17)18/h3-8H,1-2H3,(H3,17,18). The lowest BCUT2D eigenvalue weighted by molar-refractivity contribution is 0.346. The van der Waals surface area contributed by atoms with Gasteiger partial charge in [-0.15, -0.1) is 0 Å². The quantitative estimate of drug-likeness (QED) is 0.655. The number of nitrogens with one attached hydrogen (secondary N) is 1. The van der Waals surface area contributed by atoms with Crippen molar-refractivity contribution in [1.82, 2.24) is 0 Å². The molecule has 0 aromatic heterocycles. The highest BCUT2D eigenvalue weighted by atomic mass is 19.1. The van der Waals surface area contributed by atoms with Gasteiger partial charge in [-0.1, -0.05) is 6.07 Å². The lowest BCUT2D eigenvalue weighted by atomic mass is 10.1. The van der Waals surface area contributed by atoms with Crippen molar-refractivity contribution in [1.29, 1.82) is 5.41 Å². The predicted octanol–water partition coefficient (Wildman–Crippen LogP) is 2.92. The summed E-state index contributed by atoms with van der Waals surface area (Å²) < 4.78 is 29.5. The first-order valence-corrected chi connectivity index (χ1v) is 6.09. The van der Waals surface area contributed by atoms with Gasteiger partial charge in [0, 0.05) is 0 Å². The fourth-order valence-electron chi connectivity index (χ4n) is 1.83. The van der Waals surface area contributed by atoms with Gasteiger partial charge in [-0.25, -0.2) is 4.39 Å².